The second-order valence-electron chi connectivity index (χ2n) is 5.42. The molecule has 0 radical (unpaired) electrons. The van der Waals surface area contributed by atoms with Gasteiger partial charge in [0, 0.05) is 29.9 Å². The van der Waals surface area contributed by atoms with Crippen molar-refractivity contribution in [3.8, 4) is 0 Å². The Balaban J connectivity index is 2.03. The molecule has 5 heteroatoms. The zero-order chi connectivity index (χ0) is 16.4. The van der Waals surface area contributed by atoms with Crippen LogP contribution in [0.15, 0.2) is 53.7 Å². The molecule has 0 N–H and O–H groups in total. The van der Waals surface area contributed by atoms with E-state index in [0.717, 1.165) is 21.9 Å². The number of fused-ring (bicyclic) bond motifs is 1. The molecule has 0 atom stereocenters. The predicted molar refractivity (Wildman–Crippen MR) is 91.6 cm³/mol. The van der Waals surface area contributed by atoms with Crippen molar-refractivity contribution in [2.24, 2.45) is 4.99 Å². The Hall–Kier alpha value is -3.08. The zero-order valence-electron chi connectivity index (χ0n) is 12.9. The van der Waals surface area contributed by atoms with E-state index in [0.29, 0.717) is 5.82 Å². The number of hydrogen-bond acceptors (Lipinski definition) is 4. The summed E-state index contributed by atoms with van der Waals surface area (Å²) in [7, 11) is 0. The lowest BCUT2D eigenvalue weighted by molar-refractivity contribution is -0.384. The number of nitrogens with zero attached hydrogens (tertiary/aromatic N) is 3. The highest BCUT2D eigenvalue weighted by Crippen LogP contribution is 2.27. The second-order valence-corrected chi connectivity index (χ2v) is 5.42. The first kappa shape index (κ1) is 14.8. The van der Waals surface area contributed by atoms with Gasteiger partial charge in [-0.15, -0.1) is 0 Å². The van der Waals surface area contributed by atoms with Crippen molar-refractivity contribution >= 4 is 28.5 Å². The van der Waals surface area contributed by atoms with Gasteiger partial charge in [-0.3, -0.25) is 10.1 Å². The molecule has 1 heterocycles. The van der Waals surface area contributed by atoms with Crippen LogP contribution in [0.5, 0.6) is 0 Å². The maximum Gasteiger partial charge on any atom is 0.270 e. The Kier molecular flexibility index (Phi) is 3.85. The number of aliphatic imine (C=N–C) groups is 1. The van der Waals surface area contributed by atoms with Crippen molar-refractivity contribution in [1.29, 1.82) is 0 Å². The van der Waals surface area contributed by atoms with Crippen molar-refractivity contribution in [1.82, 2.24) is 4.98 Å². The zero-order valence-corrected chi connectivity index (χ0v) is 12.9. The minimum absolute atomic E-state index is 0.0630. The number of benzene rings is 2. The minimum atomic E-state index is -0.404. The quantitative estimate of drug-likeness (QED) is 0.406. The monoisotopic (exact) mass is 305 g/mol. The molecule has 0 amide bonds. The minimum Gasteiger partial charge on any atom is -0.258 e. The fourth-order valence-electron chi connectivity index (χ4n) is 2.47. The summed E-state index contributed by atoms with van der Waals surface area (Å²) >= 11 is 0. The SMILES string of the molecule is Cc1ccc(C=Nc2nccc3cc([N+](=O)[O-])ccc23)c(C)c1. The van der Waals surface area contributed by atoms with Crippen LogP contribution in [-0.2, 0) is 0 Å². The molecule has 1 aromatic heterocycles. The molecular weight excluding hydrogens is 290 g/mol. The van der Waals surface area contributed by atoms with E-state index in [1.54, 1.807) is 24.5 Å². The van der Waals surface area contributed by atoms with E-state index < -0.39 is 4.92 Å². The molecule has 2 aromatic carbocycles. The first-order valence-electron chi connectivity index (χ1n) is 7.19. The normalized spacial score (nSPS) is 11.2. The van der Waals surface area contributed by atoms with Crippen molar-refractivity contribution < 1.29 is 4.92 Å². The van der Waals surface area contributed by atoms with E-state index >= 15 is 0 Å². The van der Waals surface area contributed by atoms with E-state index in [4.69, 9.17) is 0 Å². The number of nitro groups is 1. The molecule has 0 saturated heterocycles. The van der Waals surface area contributed by atoms with Gasteiger partial charge in [0.15, 0.2) is 5.82 Å². The van der Waals surface area contributed by atoms with Gasteiger partial charge in [0.1, 0.15) is 0 Å². The van der Waals surface area contributed by atoms with Gasteiger partial charge in [0.25, 0.3) is 5.69 Å². The number of non-ortho nitro benzene ring substituents is 1. The van der Waals surface area contributed by atoms with E-state index in [1.807, 2.05) is 26.0 Å². The summed E-state index contributed by atoms with van der Waals surface area (Å²) in [4.78, 5) is 19.2. The van der Waals surface area contributed by atoms with E-state index in [-0.39, 0.29) is 5.69 Å². The third kappa shape index (κ3) is 3.08. The highest BCUT2D eigenvalue weighted by molar-refractivity contribution is 5.94. The Labute approximate surface area is 133 Å². The first-order chi connectivity index (χ1) is 11.0. The molecule has 0 saturated carbocycles. The molecule has 0 spiro atoms. The van der Waals surface area contributed by atoms with Gasteiger partial charge >= 0.3 is 0 Å². The van der Waals surface area contributed by atoms with E-state index in [9.17, 15) is 10.1 Å². The molecule has 114 valence electrons. The summed E-state index contributed by atoms with van der Waals surface area (Å²) in [5.41, 5.74) is 3.43. The van der Waals surface area contributed by atoms with Crippen molar-refractivity contribution in [3.63, 3.8) is 0 Å². The number of nitro benzene ring substituents is 1. The summed E-state index contributed by atoms with van der Waals surface area (Å²) < 4.78 is 0. The molecule has 0 bridgehead atoms. The summed E-state index contributed by atoms with van der Waals surface area (Å²) in [6, 6.07) is 12.6. The number of aromatic nitrogens is 1. The van der Waals surface area contributed by atoms with Crippen LogP contribution in [0.3, 0.4) is 0 Å². The van der Waals surface area contributed by atoms with E-state index in [2.05, 4.69) is 16.0 Å². The van der Waals surface area contributed by atoms with Crippen LogP contribution < -0.4 is 0 Å². The fourth-order valence-corrected chi connectivity index (χ4v) is 2.47. The molecule has 0 fully saturated rings. The smallest absolute Gasteiger partial charge is 0.258 e. The molecule has 0 aliphatic rings. The van der Waals surface area contributed by atoms with Crippen LogP contribution in [0, 0.1) is 24.0 Å². The van der Waals surface area contributed by atoms with Gasteiger partial charge in [0.05, 0.1) is 4.92 Å². The highest BCUT2D eigenvalue weighted by atomic mass is 16.6. The maximum absolute atomic E-state index is 10.9. The first-order valence-corrected chi connectivity index (χ1v) is 7.19. The topological polar surface area (TPSA) is 68.4 Å². The van der Waals surface area contributed by atoms with Crippen LogP contribution in [0.25, 0.3) is 10.8 Å². The average molecular weight is 305 g/mol. The van der Waals surface area contributed by atoms with E-state index in [1.165, 1.54) is 17.7 Å². The van der Waals surface area contributed by atoms with Crippen LogP contribution in [-0.4, -0.2) is 16.1 Å². The van der Waals surface area contributed by atoms with Gasteiger partial charge in [-0.1, -0.05) is 23.8 Å². The molecule has 0 aliphatic heterocycles. The second kappa shape index (κ2) is 5.96. The summed E-state index contributed by atoms with van der Waals surface area (Å²) in [6.45, 7) is 4.08. The molecule has 3 rings (SSSR count). The average Bonchev–Trinajstić information content (AvgIpc) is 2.53. The molecule has 5 nitrogen and oxygen atoms in total. The number of hydrogen-bond donors (Lipinski definition) is 0. The predicted octanol–water partition coefficient (Wildman–Crippen LogP) is 4.51. The van der Waals surface area contributed by atoms with Crippen molar-refractivity contribution in [3.05, 3.63) is 75.5 Å². The van der Waals surface area contributed by atoms with Gasteiger partial charge in [-0.2, -0.15) is 0 Å². The lowest BCUT2D eigenvalue weighted by Gasteiger charge is -2.03. The summed E-state index contributed by atoms with van der Waals surface area (Å²) in [5, 5.41) is 12.4. The molecule has 23 heavy (non-hydrogen) atoms. The van der Waals surface area contributed by atoms with Crippen LogP contribution >= 0.6 is 0 Å². The summed E-state index contributed by atoms with van der Waals surface area (Å²) in [6.07, 6.45) is 3.39. The van der Waals surface area contributed by atoms with Gasteiger partial charge in [0.2, 0.25) is 0 Å². The van der Waals surface area contributed by atoms with Crippen molar-refractivity contribution in [2.45, 2.75) is 13.8 Å². The lowest BCUT2D eigenvalue weighted by atomic mass is 10.1. The third-order valence-corrected chi connectivity index (χ3v) is 3.69. The Morgan fingerprint density at radius 1 is 1.13 bits per heavy atom. The number of aryl methyl sites for hydroxylation is 2. The van der Waals surface area contributed by atoms with Gasteiger partial charge in [-0.25, -0.2) is 9.98 Å². The van der Waals surface area contributed by atoms with Gasteiger partial charge < -0.3 is 0 Å². The Morgan fingerprint density at radius 2 is 1.96 bits per heavy atom. The summed E-state index contributed by atoms with van der Waals surface area (Å²) in [5.74, 6) is 0.553. The molecule has 3 aromatic rings. The third-order valence-electron chi connectivity index (χ3n) is 3.69. The number of rotatable bonds is 3. The largest absolute Gasteiger partial charge is 0.270 e. The highest BCUT2D eigenvalue weighted by Gasteiger charge is 2.08. The number of pyridine rings is 1. The molecule has 0 aliphatic carbocycles. The van der Waals surface area contributed by atoms with Crippen LogP contribution in [0.1, 0.15) is 16.7 Å². The van der Waals surface area contributed by atoms with Crippen LogP contribution in [0.4, 0.5) is 11.5 Å². The Morgan fingerprint density at radius 3 is 2.70 bits per heavy atom. The standard InChI is InChI=1S/C18H15N3O2/c1-12-3-4-15(13(2)9-12)11-20-18-17-6-5-16(21(22)23)10-14(17)7-8-19-18/h3-11H,1-2H3. The lowest BCUT2D eigenvalue weighted by Crippen LogP contribution is -1.89. The van der Waals surface area contributed by atoms with Crippen molar-refractivity contribution in [2.75, 3.05) is 0 Å². The maximum atomic E-state index is 10.9. The van der Waals surface area contributed by atoms with Crippen LogP contribution in [0.2, 0.25) is 0 Å². The van der Waals surface area contributed by atoms with Gasteiger partial charge in [-0.05, 0) is 42.5 Å². The molecule has 0 unspecified atom stereocenters. The Bertz CT molecular complexity index is 933. The molecular formula is C18H15N3O2. The fraction of sp³-hybridized carbons (Fsp3) is 0.111.